The highest BCUT2D eigenvalue weighted by Crippen LogP contribution is 2.07. The molecule has 164 valence electrons. The Bertz CT molecular complexity index is 622. The van der Waals surface area contributed by atoms with Gasteiger partial charge in [0.25, 0.3) is 0 Å². The number of amides is 4. The SMILES string of the molecule is NC(=O)CCC(NC(=O)C1CCCN1)C(=O)NC(CO)C(=O)NC(CO)C(=O)O. The summed E-state index contributed by atoms with van der Waals surface area (Å²) in [7, 11) is 0. The lowest BCUT2D eigenvalue weighted by Gasteiger charge is -2.23. The zero-order chi connectivity index (χ0) is 22.0. The molecule has 13 heteroatoms. The standard InChI is InChI=1S/C16H27N5O8/c17-12(24)4-3-9(19-13(25)8-2-1-5-18-8)14(26)20-10(6-22)15(27)21-11(7-23)16(28)29/h8-11,18,22-23H,1-7H2,(H2,17,24)(H,19,25)(H,20,26)(H,21,27)(H,28,29). The molecule has 1 rings (SSSR count). The van der Waals surface area contributed by atoms with Gasteiger partial charge in [-0.3, -0.25) is 19.2 Å². The number of hydrogen-bond donors (Lipinski definition) is 8. The third-order valence-electron chi connectivity index (χ3n) is 4.30. The lowest BCUT2D eigenvalue weighted by Crippen LogP contribution is -2.58. The summed E-state index contributed by atoms with van der Waals surface area (Å²) in [6.45, 7) is -1.10. The summed E-state index contributed by atoms with van der Waals surface area (Å²) in [6, 6.07) is -4.84. The molecule has 0 aromatic carbocycles. The van der Waals surface area contributed by atoms with Gasteiger partial charge in [-0.2, -0.15) is 0 Å². The van der Waals surface area contributed by atoms with Gasteiger partial charge in [0.1, 0.15) is 18.1 Å². The molecular weight excluding hydrogens is 390 g/mol. The molecule has 1 saturated heterocycles. The third kappa shape index (κ3) is 8.01. The highest BCUT2D eigenvalue weighted by Gasteiger charge is 2.31. The molecule has 1 aliphatic rings. The number of aliphatic carboxylic acids is 1. The average molecular weight is 417 g/mol. The van der Waals surface area contributed by atoms with E-state index in [1.165, 1.54) is 0 Å². The van der Waals surface area contributed by atoms with Gasteiger partial charge in [0, 0.05) is 6.42 Å². The maximum Gasteiger partial charge on any atom is 0.328 e. The van der Waals surface area contributed by atoms with Crippen LogP contribution in [0.3, 0.4) is 0 Å². The molecule has 1 aliphatic heterocycles. The molecule has 0 bridgehead atoms. The van der Waals surface area contributed by atoms with Crippen LogP contribution in [-0.2, 0) is 24.0 Å². The predicted octanol–water partition coefficient (Wildman–Crippen LogP) is -4.47. The maximum atomic E-state index is 12.5. The van der Waals surface area contributed by atoms with Crippen molar-refractivity contribution in [3.63, 3.8) is 0 Å². The van der Waals surface area contributed by atoms with E-state index in [0.717, 1.165) is 6.42 Å². The molecule has 1 heterocycles. The number of rotatable bonds is 12. The van der Waals surface area contributed by atoms with Crippen LogP contribution in [0.2, 0.25) is 0 Å². The number of carboxylic acids is 1. The Balaban J connectivity index is 2.78. The van der Waals surface area contributed by atoms with Gasteiger partial charge in [-0.15, -0.1) is 0 Å². The first kappa shape index (κ1) is 24.3. The number of aliphatic hydroxyl groups excluding tert-OH is 2. The Kier molecular flexibility index (Phi) is 9.99. The van der Waals surface area contributed by atoms with Crippen LogP contribution >= 0.6 is 0 Å². The van der Waals surface area contributed by atoms with Crippen LogP contribution < -0.4 is 27.0 Å². The van der Waals surface area contributed by atoms with Gasteiger partial charge in [-0.05, 0) is 25.8 Å². The quantitative estimate of drug-likeness (QED) is 0.153. The number of nitrogens with one attached hydrogen (secondary N) is 4. The van der Waals surface area contributed by atoms with Crippen LogP contribution in [0.15, 0.2) is 0 Å². The predicted molar refractivity (Wildman–Crippen MR) is 97.1 cm³/mol. The van der Waals surface area contributed by atoms with Gasteiger partial charge < -0.3 is 42.3 Å². The Morgan fingerprint density at radius 2 is 1.55 bits per heavy atom. The molecule has 0 saturated carbocycles. The second kappa shape index (κ2) is 11.9. The van der Waals surface area contributed by atoms with Crippen molar-refractivity contribution in [1.82, 2.24) is 21.3 Å². The van der Waals surface area contributed by atoms with Crippen LogP contribution in [0.5, 0.6) is 0 Å². The summed E-state index contributed by atoms with van der Waals surface area (Å²) < 4.78 is 0. The van der Waals surface area contributed by atoms with Gasteiger partial charge in [0.2, 0.25) is 23.6 Å². The molecule has 0 spiro atoms. The van der Waals surface area contributed by atoms with Gasteiger partial charge in [0.05, 0.1) is 19.3 Å². The van der Waals surface area contributed by atoms with Crippen molar-refractivity contribution in [1.29, 1.82) is 0 Å². The number of carbonyl (C=O) groups is 5. The number of primary amides is 1. The number of carboxylic acid groups (broad SMARTS) is 1. The maximum absolute atomic E-state index is 12.5. The number of aliphatic hydroxyl groups is 2. The Morgan fingerprint density at radius 3 is 2.03 bits per heavy atom. The van der Waals surface area contributed by atoms with E-state index in [2.05, 4.69) is 16.0 Å². The van der Waals surface area contributed by atoms with E-state index in [1.54, 1.807) is 0 Å². The van der Waals surface area contributed by atoms with Crippen molar-refractivity contribution in [2.24, 2.45) is 5.73 Å². The molecule has 4 unspecified atom stereocenters. The average Bonchev–Trinajstić information content (AvgIpc) is 3.21. The van der Waals surface area contributed by atoms with Crippen molar-refractivity contribution < 1.29 is 39.3 Å². The summed E-state index contributed by atoms with van der Waals surface area (Å²) in [4.78, 5) is 58.8. The van der Waals surface area contributed by atoms with Crippen molar-refractivity contribution in [3.05, 3.63) is 0 Å². The molecule has 0 radical (unpaired) electrons. The zero-order valence-corrected chi connectivity index (χ0v) is 15.7. The normalized spacial score (nSPS) is 18.9. The molecule has 1 fully saturated rings. The van der Waals surface area contributed by atoms with Crippen molar-refractivity contribution in [2.75, 3.05) is 19.8 Å². The highest BCUT2D eigenvalue weighted by molar-refractivity contribution is 5.94. The monoisotopic (exact) mass is 417 g/mol. The van der Waals surface area contributed by atoms with Crippen molar-refractivity contribution >= 4 is 29.6 Å². The molecule has 0 aromatic heterocycles. The van der Waals surface area contributed by atoms with Gasteiger partial charge in [-0.1, -0.05) is 0 Å². The van der Waals surface area contributed by atoms with Crippen molar-refractivity contribution in [3.8, 4) is 0 Å². The topological polar surface area (TPSA) is 220 Å². The van der Waals surface area contributed by atoms with Gasteiger partial charge in [0.15, 0.2) is 0 Å². The molecule has 29 heavy (non-hydrogen) atoms. The number of nitrogens with two attached hydrogens (primary N) is 1. The molecule has 4 amide bonds. The number of hydrogen-bond acceptors (Lipinski definition) is 8. The van der Waals surface area contributed by atoms with E-state index in [1.807, 2.05) is 5.32 Å². The minimum atomic E-state index is -1.62. The van der Waals surface area contributed by atoms with Gasteiger partial charge in [-0.25, -0.2) is 4.79 Å². The first-order chi connectivity index (χ1) is 13.7. The molecular formula is C16H27N5O8. The first-order valence-electron chi connectivity index (χ1n) is 9.06. The molecule has 9 N–H and O–H groups in total. The second-order valence-electron chi connectivity index (χ2n) is 6.54. The summed E-state index contributed by atoms with van der Waals surface area (Å²) in [5.74, 6) is -4.55. The Morgan fingerprint density at radius 1 is 0.966 bits per heavy atom. The Hall–Kier alpha value is -2.77. The summed E-state index contributed by atoms with van der Waals surface area (Å²) in [6.07, 6.45) is 1.03. The van der Waals surface area contributed by atoms with Crippen LogP contribution in [-0.4, -0.2) is 88.8 Å². The van der Waals surface area contributed by atoms with E-state index < -0.39 is 67.0 Å². The minimum Gasteiger partial charge on any atom is -0.480 e. The van der Waals surface area contributed by atoms with Crippen molar-refractivity contribution in [2.45, 2.75) is 49.9 Å². The second-order valence-corrected chi connectivity index (χ2v) is 6.54. The minimum absolute atomic E-state index is 0.131. The Labute approximate surface area is 166 Å². The van der Waals surface area contributed by atoms with Crippen LogP contribution in [0.25, 0.3) is 0 Å². The van der Waals surface area contributed by atoms with E-state index in [-0.39, 0.29) is 12.8 Å². The fourth-order valence-electron chi connectivity index (χ4n) is 2.66. The van der Waals surface area contributed by atoms with E-state index in [9.17, 15) is 29.1 Å². The number of carbonyl (C=O) groups excluding carboxylic acids is 4. The molecule has 0 aromatic rings. The largest absolute Gasteiger partial charge is 0.480 e. The van der Waals surface area contributed by atoms with Crippen LogP contribution in [0, 0.1) is 0 Å². The lowest BCUT2D eigenvalue weighted by molar-refractivity contribution is -0.143. The fourth-order valence-corrected chi connectivity index (χ4v) is 2.66. The first-order valence-corrected chi connectivity index (χ1v) is 9.06. The third-order valence-corrected chi connectivity index (χ3v) is 4.30. The van der Waals surface area contributed by atoms with E-state index in [0.29, 0.717) is 13.0 Å². The summed E-state index contributed by atoms with van der Waals surface area (Å²) in [5, 5.41) is 36.8. The van der Waals surface area contributed by atoms with Crippen LogP contribution in [0.4, 0.5) is 0 Å². The summed E-state index contributed by atoms with van der Waals surface area (Å²) in [5.41, 5.74) is 5.09. The smallest absolute Gasteiger partial charge is 0.328 e. The lowest BCUT2D eigenvalue weighted by atomic mass is 10.1. The zero-order valence-electron chi connectivity index (χ0n) is 15.7. The van der Waals surface area contributed by atoms with Crippen LogP contribution in [0.1, 0.15) is 25.7 Å². The molecule has 0 aliphatic carbocycles. The summed E-state index contributed by atoms with van der Waals surface area (Å²) >= 11 is 0. The molecule has 13 nitrogen and oxygen atoms in total. The molecule has 4 atom stereocenters. The van der Waals surface area contributed by atoms with E-state index in [4.69, 9.17) is 15.9 Å². The fraction of sp³-hybridized carbons (Fsp3) is 0.688. The van der Waals surface area contributed by atoms with Gasteiger partial charge >= 0.3 is 5.97 Å². The highest BCUT2D eigenvalue weighted by atomic mass is 16.4. The van der Waals surface area contributed by atoms with E-state index >= 15 is 0 Å².